The maximum atomic E-state index is 11.8. The Kier molecular flexibility index (Phi) is 6.49. The van der Waals surface area contributed by atoms with Crippen LogP contribution in [0.4, 0.5) is 5.69 Å². The van der Waals surface area contributed by atoms with E-state index >= 15 is 0 Å². The Morgan fingerprint density at radius 2 is 2.19 bits per heavy atom. The van der Waals surface area contributed by atoms with Crippen LogP contribution >= 0.6 is 11.6 Å². The molecule has 0 spiro atoms. The molecule has 0 radical (unpaired) electrons. The summed E-state index contributed by atoms with van der Waals surface area (Å²) in [5, 5.41) is 0.195. The first kappa shape index (κ1) is 17.3. The molecule has 0 heterocycles. The lowest BCUT2D eigenvalue weighted by molar-refractivity contribution is -0.139. The zero-order valence-electron chi connectivity index (χ0n) is 11.3. The molecule has 8 heteroatoms. The number of nitrogens with one attached hydrogen (secondary N) is 1. The molecule has 0 fully saturated rings. The van der Waals surface area contributed by atoms with Crippen molar-refractivity contribution < 1.29 is 17.9 Å². The summed E-state index contributed by atoms with van der Waals surface area (Å²) in [7, 11) is -3.90. The van der Waals surface area contributed by atoms with Gasteiger partial charge < -0.3 is 10.5 Å². The molecular formula is C13H15ClN2O4S. The van der Waals surface area contributed by atoms with Crippen molar-refractivity contribution in [1.29, 1.82) is 0 Å². The van der Waals surface area contributed by atoms with Crippen LogP contribution in [0.25, 0.3) is 0 Å². The van der Waals surface area contributed by atoms with Crippen molar-refractivity contribution in [3.8, 4) is 11.8 Å². The van der Waals surface area contributed by atoms with Crippen LogP contribution in [0.2, 0.25) is 5.02 Å². The monoisotopic (exact) mass is 330 g/mol. The fourth-order valence-electron chi connectivity index (χ4n) is 1.40. The Morgan fingerprint density at radius 1 is 1.48 bits per heavy atom. The van der Waals surface area contributed by atoms with Crippen LogP contribution in [0.1, 0.15) is 12.5 Å². The van der Waals surface area contributed by atoms with Gasteiger partial charge in [-0.2, -0.15) is 0 Å². The van der Waals surface area contributed by atoms with Crippen molar-refractivity contribution in [2.24, 2.45) is 5.73 Å². The maximum Gasteiger partial charge on any atom is 0.323 e. The summed E-state index contributed by atoms with van der Waals surface area (Å²) in [6, 6.07) is 4.60. The molecule has 21 heavy (non-hydrogen) atoms. The van der Waals surface area contributed by atoms with Crippen LogP contribution in [0.5, 0.6) is 0 Å². The van der Waals surface area contributed by atoms with E-state index in [4.69, 9.17) is 17.3 Å². The normalized spacial score (nSPS) is 10.4. The molecule has 3 N–H and O–H groups in total. The number of rotatable bonds is 5. The van der Waals surface area contributed by atoms with E-state index in [1.807, 2.05) is 0 Å². The Hall–Kier alpha value is -1.75. The fourth-order valence-corrected chi connectivity index (χ4v) is 2.59. The first-order valence-corrected chi connectivity index (χ1v) is 8.05. The van der Waals surface area contributed by atoms with E-state index in [1.165, 1.54) is 12.1 Å². The second kappa shape index (κ2) is 7.88. The Balaban J connectivity index is 2.93. The van der Waals surface area contributed by atoms with Crippen LogP contribution in [-0.2, 0) is 19.6 Å². The molecule has 1 rings (SSSR count). The SMILES string of the molecule is CCOC(=O)CS(=O)(=O)Nc1cc(C#CCN)ccc1Cl. The van der Waals surface area contributed by atoms with Crippen molar-refractivity contribution in [3.63, 3.8) is 0 Å². The van der Waals surface area contributed by atoms with Crippen molar-refractivity contribution in [1.82, 2.24) is 0 Å². The minimum absolute atomic E-state index is 0.110. The minimum atomic E-state index is -3.90. The van der Waals surface area contributed by atoms with Crippen molar-refractivity contribution >= 4 is 33.3 Å². The highest BCUT2D eigenvalue weighted by atomic mass is 35.5. The molecule has 0 aromatic heterocycles. The molecule has 0 aliphatic rings. The molecular weight excluding hydrogens is 316 g/mol. The van der Waals surface area contributed by atoms with Gasteiger partial charge in [0, 0.05) is 5.56 Å². The minimum Gasteiger partial charge on any atom is -0.465 e. The van der Waals surface area contributed by atoms with E-state index < -0.39 is 21.7 Å². The van der Waals surface area contributed by atoms with E-state index in [-0.39, 0.29) is 23.9 Å². The molecule has 0 aliphatic heterocycles. The largest absolute Gasteiger partial charge is 0.465 e. The number of hydrogen-bond donors (Lipinski definition) is 2. The van der Waals surface area contributed by atoms with Gasteiger partial charge in [0.05, 0.1) is 23.9 Å². The predicted octanol–water partition coefficient (Wildman–Crippen LogP) is 0.955. The third-order valence-electron chi connectivity index (χ3n) is 2.18. The molecule has 0 saturated carbocycles. The lowest BCUT2D eigenvalue weighted by atomic mass is 10.2. The third-order valence-corrected chi connectivity index (χ3v) is 3.66. The topological polar surface area (TPSA) is 98.5 Å². The Labute approximate surface area is 128 Å². The summed E-state index contributed by atoms with van der Waals surface area (Å²) in [6.07, 6.45) is 0. The van der Waals surface area contributed by atoms with Gasteiger partial charge in [0.25, 0.3) is 0 Å². The number of anilines is 1. The summed E-state index contributed by atoms with van der Waals surface area (Å²) in [4.78, 5) is 11.2. The predicted molar refractivity (Wildman–Crippen MR) is 81.4 cm³/mol. The molecule has 0 unspecified atom stereocenters. The van der Waals surface area contributed by atoms with Gasteiger partial charge in [-0.1, -0.05) is 23.4 Å². The molecule has 0 bridgehead atoms. The summed E-state index contributed by atoms with van der Waals surface area (Å²) < 4.78 is 30.5. The first-order chi connectivity index (χ1) is 9.88. The van der Waals surface area contributed by atoms with Crippen LogP contribution in [0, 0.1) is 11.8 Å². The molecule has 6 nitrogen and oxygen atoms in total. The molecule has 1 aromatic carbocycles. The number of ether oxygens (including phenoxy) is 1. The van der Waals surface area contributed by atoms with E-state index in [0.29, 0.717) is 5.56 Å². The van der Waals surface area contributed by atoms with Gasteiger partial charge in [0.2, 0.25) is 10.0 Å². The molecule has 0 aliphatic carbocycles. The van der Waals surface area contributed by atoms with Gasteiger partial charge in [-0.25, -0.2) is 8.42 Å². The zero-order valence-corrected chi connectivity index (χ0v) is 12.9. The maximum absolute atomic E-state index is 11.8. The van der Waals surface area contributed by atoms with Crippen LogP contribution < -0.4 is 10.5 Å². The number of nitrogens with two attached hydrogens (primary N) is 1. The number of carbonyl (C=O) groups is 1. The number of carbonyl (C=O) groups excluding carboxylic acids is 1. The van der Waals surface area contributed by atoms with Gasteiger partial charge in [0.1, 0.15) is 0 Å². The number of benzene rings is 1. The highest BCUT2D eigenvalue weighted by Gasteiger charge is 2.18. The number of esters is 1. The van der Waals surface area contributed by atoms with Gasteiger partial charge in [-0.15, -0.1) is 0 Å². The summed E-state index contributed by atoms with van der Waals surface area (Å²) in [5.41, 5.74) is 5.96. The lowest BCUT2D eigenvalue weighted by Crippen LogP contribution is -2.24. The fraction of sp³-hybridized carbons (Fsp3) is 0.308. The van der Waals surface area contributed by atoms with E-state index in [1.54, 1.807) is 13.0 Å². The van der Waals surface area contributed by atoms with E-state index in [2.05, 4.69) is 21.3 Å². The Morgan fingerprint density at radius 3 is 2.81 bits per heavy atom. The first-order valence-electron chi connectivity index (χ1n) is 6.02. The summed E-state index contributed by atoms with van der Waals surface area (Å²) in [5.74, 6) is 3.79. The Bertz CT molecular complexity index is 677. The van der Waals surface area contributed by atoms with E-state index in [9.17, 15) is 13.2 Å². The molecule has 0 saturated heterocycles. The third kappa shape index (κ3) is 6.04. The van der Waals surface area contributed by atoms with Crippen molar-refractivity contribution in [2.75, 3.05) is 23.6 Å². The second-order valence-electron chi connectivity index (χ2n) is 3.87. The van der Waals surface area contributed by atoms with Crippen LogP contribution in [-0.4, -0.2) is 33.3 Å². The average molecular weight is 331 g/mol. The number of sulfonamides is 1. The highest BCUT2D eigenvalue weighted by Crippen LogP contribution is 2.23. The smallest absolute Gasteiger partial charge is 0.323 e. The standard InChI is InChI=1S/C13H15ClN2O4S/c1-2-20-13(17)9-21(18,19)16-12-8-10(4-3-7-15)5-6-11(12)14/h5-6,8,16H,2,7,9,15H2,1H3. The average Bonchev–Trinajstić information content (AvgIpc) is 2.39. The molecule has 0 atom stereocenters. The second-order valence-corrected chi connectivity index (χ2v) is 6.00. The van der Waals surface area contributed by atoms with Crippen LogP contribution in [0.3, 0.4) is 0 Å². The molecule has 1 aromatic rings. The quantitative estimate of drug-likeness (QED) is 0.619. The molecule has 0 amide bonds. The summed E-state index contributed by atoms with van der Waals surface area (Å²) in [6.45, 7) is 1.89. The van der Waals surface area contributed by atoms with Crippen molar-refractivity contribution in [2.45, 2.75) is 6.92 Å². The zero-order chi connectivity index (χ0) is 15.9. The molecule has 114 valence electrons. The highest BCUT2D eigenvalue weighted by molar-refractivity contribution is 7.93. The lowest BCUT2D eigenvalue weighted by Gasteiger charge is -2.09. The van der Waals surface area contributed by atoms with E-state index in [0.717, 1.165) is 0 Å². The number of halogens is 1. The van der Waals surface area contributed by atoms with Gasteiger partial charge in [0.15, 0.2) is 5.75 Å². The van der Waals surface area contributed by atoms with Crippen molar-refractivity contribution in [3.05, 3.63) is 28.8 Å². The number of hydrogen-bond acceptors (Lipinski definition) is 5. The van der Waals surface area contributed by atoms with Gasteiger partial charge in [-0.05, 0) is 25.1 Å². The van der Waals surface area contributed by atoms with Gasteiger partial charge in [-0.3, -0.25) is 9.52 Å². The van der Waals surface area contributed by atoms with Gasteiger partial charge >= 0.3 is 5.97 Å². The van der Waals surface area contributed by atoms with Crippen LogP contribution in [0.15, 0.2) is 18.2 Å². The summed E-state index contributed by atoms with van der Waals surface area (Å²) >= 11 is 5.92.